The SMILES string of the molecule is Clc1ccc(C2=Nn3cc(-c4ccc(Br)cc4)nc3SC2)cc1. The Morgan fingerprint density at radius 2 is 1.70 bits per heavy atom. The van der Waals surface area contributed by atoms with Gasteiger partial charge in [0.2, 0.25) is 0 Å². The number of hydrogen-bond acceptors (Lipinski definition) is 3. The van der Waals surface area contributed by atoms with Crippen LogP contribution in [0.4, 0.5) is 0 Å². The van der Waals surface area contributed by atoms with Crippen LogP contribution in [-0.4, -0.2) is 21.1 Å². The second-order valence-corrected chi connectivity index (χ2v) is 7.40. The molecule has 0 bridgehead atoms. The fraction of sp³-hybridized carbons (Fsp3) is 0.0588. The molecule has 0 radical (unpaired) electrons. The van der Waals surface area contributed by atoms with Gasteiger partial charge in [-0.1, -0.05) is 63.6 Å². The summed E-state index contributed by atoms with van der Waals surface area (Å²) in [5.41, 5.74) is 4.13. The minimum Gasteiger partial charge on any atom is -0.221 e. The van der Waals surface area contributed by atoms with Crippen molar-refractivity contribution in [2.24, 2.45) is 5.10 Å². The molecule has 0 spiro atoms. The van der Waals surface area contributed by atoms with E-state index in [4.69, 9.17) is 16.7 Å². The highest BCUT2D eigenvalue weighted by molar-refractivity contribution is 9.10. The van der Waals surface area contributed by atoms with Crippen LogP contribution < -0.4 is 0 Å². The van der Waals surface area contributed by atoms with E-state index in [0.29, 0.717) is 0 Å². The number of thioether (sulfide) groups is 1. The van der Waals surface area contributed by atoms with E-state index in [1.54, 1.807) is 11.8 Å². The van der Waals surface area contributed by atoms with Crippen molar-refractivity contribution in [2.75, 3.05) is 5.75 Å². The van der Waals surface area contributed by atoms with Gasteiger partial charge in [0.15, 0.2) is 5.16 Å². The van der Waals surface area contributed by atoms with E-state index >= 15 is 0 Å². The second kappa shape index (κ2) is 6.15. The molecule has 0 fully saturated rings. The van der Waals surface area contributed by atoms with E-state index in [2.05, 4.69) is 20.9 Å². The van der Waals surface area contributed by atoms with E-state index in [1.807, 2.05) is 59.4 Å². The number of benzene rings is 2. The van der Waals surface area contributed by atoms with Crippen LogP contribution >= 0.6 is 39.3 Å². The highest BCUT2D eigenvalue weighted by atomic mass is 79.9. The lowest BCUT2D eigenvalue weighted by molar-refractivity contribution is 0.757. The molecule has 1 aromatic heterocycles. The summed E-state index contributed by atoms with van der Waals surface area (Å²) in [5.74, 6) is 0.804. The molecule has 4 rings (SSSR count). The molecule has 0 saturated heterocycles. The van der Waals surface area contributed by atoms with E-state index in [9.17, 15) is 0 Å². The van der Waals surface area contributed by atoms with Crippen molar-refractivity contribution < 1.29 is 0 Å². The number of imidazole rings is 1. The summed E-state index contributed by atoms with van der Waals surface area (Å²) < 4.78 is 2.91. The summed E-state index contributed by atoms with van der Waals surface area (Å²) in [7, 11) is 0. The molecular weight excluding hydrogens is 394 g/mol. The zero-order valence-corrected chi connectivity index (χ0v) is 15.1. The van der Waals surface area contributed by atoms with Gasteiger partial charge in [0.1, 0.15) is 0 Å². The average molecular weight is 405 g/mol. The van der Waals surface area contributed by atoms with Gasteiger partial charge in [0, 0.05) is 20.8 Å². The zero-order valence-electron chi connectivity index (χ0n) is 11.9. The Balaban J connectivity index is 1.69. The minimum absolute atomic E-state index is 0.735. The van der Waals surface area contributed by atoms with E-state index in [1.165, 1.54) is 0 Å². The number of hydrogen-bond donors (Lipinski definition) is 0. The lowest BCUT2D eigenvalue weighted by Crippen LogP contribution is -2.12. The van der Waals surface area contributed by atoms with Crippen LogP contribution in [0.1, 0.15) is 5.56 Å². The van der Waals surface area contributed by atoms with Crippen molar-refractivity contribution >= 4 is 45.0 Å². The maximum absolute atomic E-state index is 5.95. The molecule has 2 heterocycles. The Morgan fingerprint density at radius 3 is 2.43 bits per heavy atom. The summed E-state index contributed by atoms with van der Waals surface area (Å²) in [4.78, 5) is 4.68. The van der Waals surface area contributed by atoms with Gasteiger partial charge >= 0.3 is 0 Å². The summed E-state index contributed by atoms with van der Waals surface area (Å²) in [5, 5.41) is 6.36. The molecule has 0 atom stereocenters. The molecule has 0 saturated carbocycles. The van der Waals surface area contributed by atoms with Gasteiger partial charge in [-0.25, -0.2) is 9.66 Å². The van der Waals surface area contributed by atoms with Crippen molar-refractivity contribution in [1.82, 2.24) is 9.66 Å². The molecule has 6 heteroatoms. The van der Waals surface area contributed by atoms with Crippen molar-refractivity contribution in [3.05, 3.63) is 69.8 Å². The number of aromatic nitrogens is 2. The predicted octanol–water partition coefficient (Wildman–Crippen LogP) is 5.32. The lowest BCUT2D eigenvalue weighted by Gasteiger charge is -2.12. The van der Waals surface area contributed by atoms with Crippen LogP contribution in [0.3, 0.4) is 0 Å². The van der Waals surface area contributed by atoms with E-state index in [0.717, 1.165) is 42.9 Å². The molecule has 3 nitrogen and oxygen atoms in total. The van der Waals surface area contributed by atoms with Gasteiger partial charge in [-0.15, -0.1) is 0 Å². The van der Waals surface area contributed by atoms with Gasteiger partial charge in [0.25, 0.3) is 0 Å². The fourth-order valence-electron chi connectivity index (χ4n) is 2.36. The third-order valence-corrected chi connectivity index (χ3v) is 5.28. The van der Waals surface area contributed by atoms with Crippen molar-refractivity contribution in [1.29, 1.82) is 0 Å². The summed E-state index contributed by atoms with van der Waals surface area (Å²) in [6.45, 7) is 0. The maximum atomic E-state index is 5.95. The highest BCUT2D eigenvalue weighted by Gasteiger charge is 2.17. The molecule has 2 aromatic carbocycles. The topological polar surface area (TPSA) is 30.2 Å². The molecule has 1 aliphatic rings. The normalized spacial score (nSPS) is 13.6. The first-order valence-electron chi connectivity index (χ1n) is 7.01. The third kappa shape index (κ3) is 3.09. The molecule has 0 unspecified atom stereocenters. The summed E-state index contributed by atoms with van der Waals surface area (Å²) in [6.07, 6.45) is 1.97. The molecule has 114 valence electrons. The van der Waals surface area contributed by atoms with Crippen molar-refractivity contribution in [3.8, 4) is 11.3 Å². The third-order valence-electron chi connectivity index (χ3n) is 3.54. The molecular formula is C17H11BrClN3S. The Hall–Kier alpha value is -1.56. The standard InChI is InChI=1S/C17H11BrClN3S/c18-13-5-1-11(2-6-13)15-9-22-17(20-15)23-10-16(21-22)12-3-7-14(19)8-4-12/h1-9H,10H2. The molecule has 23 heavy (non-hydrogen) atoms. The highest BCUT2D eigenvalue weighted by Crippen LogP contribution is 2.29. The van der Waals surface area contributed by atoms with E-state index in [-0.39, 0.29) is 0 Å². The first-order valence-corrected chi connectivity index (χ1v) is 9.16. The average Bonchev–Trinajstić information content (AvgIpc) is 2.99. The van der Waals surface area contributed by atoms with Crippen LogP contribution in [0.5, 0.6) is 0 Å². The fourth-order valence-corrected chi connectivity index (χ4v) is 3.63. The van der Waals surface area contributed by atoms with Crippen molar-refractivity contribution in [2.45, 2.75) is 5.16 Å². The maximum Gasteiger partial charge on any atom is 0.189 e. The van der Waals surface area contributed by atoms with Crippen LogP contribution in [0.2, 0.25) is 5.02 Å². The first kappa shape index (κ1) is 15.0. The van der Waals surface area contributed by atoms with Gasteiger partial charge in [-0.05, 0) is 29.8 Å². The number of fused-ring (bicyclic) bond motifs is 1. The van der Waals surface area contributed by atoms with Crippen LogP contribution in [0.15, 0.2) is 69.5 Å². The zero-order chi connectivity index (χ0) is 15.8. The second-order valence-electron chi connectivity index (χ2n) is 5.10. The van der Waals surface area contributed by atoms with E-state index < -0.39 is 0 Å². The van der Waals surface area contributed by atoms with Crippen LogP contribution in [-0.2, 0) is 0 Å². The summed E-state index contributed by atoms with van der Waals surface area (Å²) >= 11 is 11.1. The molecule has 3 aromatic rings. The largest absolute Gasteiger partial charge is 0.221 e. The Labute approximate surface area is 151 Å². The lowest BCUT2D eigenvalue weighted by atomic mass is 10.1. The van der Waals surface area contributed by atoms with Gasteiger partial charge < -0.3 is 0 Å². The number of rotatable bonds is 2. The Morgan fingerprint density at radius 1 is 1.00 bits per heavy atom. The Kier molecular flexibility index (Phi) is 4.01. The van der Waals surface area contributed by atoms with Crippen molar-refractivity contribution in [3.63, 3.8) is 0 Å². The number of nitrogens with zero attached hydrogens (tertiary/aromatic N) is 3. The van der Waals surface area contributed by atoms with Gasteiger partial charge in [-0.2, -0.15) is 5.10 Å². The van der Waals surface area contributed by atoms with Crippen LogP contribution in [0.25, 0.3) is 11.3 Å². The number of halogens is 2. The summed E-state index contributed by atoms with van der Waals surface area (Å²) in [6, 6.07) is 15.9. The predicted molar refractivity (Wildman–Crippen MR) is 99.5 cm³/mol. The Bertz CT molecular complexity index is 885. The van der Waals surface area contributed by atoms with Gasteiger partial charge in [-0.3, -0.25) is 0 Å². The van der Waals surface area contributed by atoms with Gasteiger partial charge in [0.05, 0.1) is 17.6 Å². The first-order chi connectivity index (χ1) is 11.2. The quantitative estimate of drug-likeness (QED) is 0.578. The van der Waals surface area contributed by atoms with Crippen LogP contribution in [0, 0.1) is 0 Å². The monoisotopic (exact) mass is 403 g/mol. The minimum atomic E-state index is 0.735. The molecule has 0 amide bonds. The molecule has 1 aliphatic heterocycles. The smallest absolute Gasteiger partial charge is 0.189 e. The molecule has 0 aliphatic carbocycles. The molecule has 0 N–H and O–H groups in total.